The lowest BCUT2D eigenvalue weighted by atomic mass is 10.2. The Hall–Kier alpha value is -1.78. The van der Waals surface area contributed by atoms with Crippen LogP contribution in [0.5, 0.6) is 0 Å². The van der Waals surface area contributed by atoms with E-state index in [1.807, 2.05) is 0 Å². The number of anilines is 1. The van der Waals surface area contributed by atoms with Crippen molar-refractivity contribution < 1.29 is 4.79 Å². The minimum atomic E-state index is -0.620. The minimum Gasteiger partial charge on any atom is -0.386 e. The predicted molar refractivity (Wildman–Crippen MR) is 45.1 cm³/mol. The second-order valence-corrected chi connectivity index (χ2v) is 2.24. The summed E-state index contributed by atoms with van der Waals surface area (Å²) in [6.45, 7) is 0. The summed E-state index contributed by atoms with van der Waals surface area (Å²) in [5.74, 6) is -0.620. The van der Waals surface area contributed by atoms with Gasteiger partial charge in [-0.2, -0.15) is 0 Å². The summed E-state index contributed by atoms with van der Waals surface area (Å²) in [7, 11) is 1.64. The Morgan fingerprint density at radius 2 is 2.33 bits per heavy atom. The van der Waals surface area contributed by atoms with Crippen LogP contribution in [0.25, 0.3) is 0 Å². The summed E-state index contributed by atoms with van der Waals surface area (Å²) in [6.07, 6.45) is 1.41. The molecule has 0 radical (unpaired) electrons. The minimum absolute atomic E-state index is 0.196. The molecule has 1 aromatic rings. The predicted octanol–water partition coefficient (Wildman–Crippen LogP) is -0.485. The zero-order valence-electron chi connectivity index (χ0n) is 6.55. The van der Waals surface area contributed by atoms with Gasteiger partial charge in [0.2, 0.25) is 5.56 Å². The second kappa shape index (κ2) is 3.08. The molecule has 0 saturated carbocycles. The van der Waals surface area contributed by atoms with Crippen LogP contribution >= 0.6 is 0 Å². The summed E-state index contributed by atoms with van der Waals surface area (Å²) >= 11 is 0. The monoisotopic (exact) mass is 167 g/mol. The number of nitrogens with two attached hydrogens (primary N) is 1. The first-order valence-corrected chi connectivity index (χ1v) is 3.35. The summed E-state index contributed by atoms with van der Waals surface area (Å²) in [6, 6.07) is 1.16. The zero-order chi connectivity index (χ0) is 9.14. The van der Waals surface area contributed by atoms with Gasteiger partial charge < -0.3 is 16.0 Å². The van der Waals surface area contributed by atoms with E-state index in [9.17, 15) is 9.59 Å². The fourth-order valence-corrected chi connectivity index (χ4v) is 0.882. The van der Waals surface area contributed by atoms with Crippen LogP contribution in [0, 0.1) is 0 Å². The Labute approximate surface area is 68.6 Å². The van der Waals surface area contributed by atoms with Crippen molar-refractivity contribution in [2.75, 3.05) is 12.4 Å². The molecule has 0 atom stereocenters. The highest BCUT2D eigenvalue weighted by Gasteiger charge is 2.06. The highest BCUT2D eigenvalue weighted by Crippen LogP contribution is 2.08. The third kappa shape index (κ3) is 1.45. The molecule has 5 heteroatoms. The Bertz CT molecular complexity index is 356. The molecule has 0 aliphatic heterocycles. The van der Waals surface area contributed by atoms with Crippen LogP contribution in [-0.2, 0) is 0 Å². The Balaban J connectivity index is 3.31. The average Bonchev–Trinajstić information content (AvgIpc) is 2.04. The number of pyridine rings is 1. The van der Waals surface area contributed by atoms with E-state index in [0.29, 0.717) is 5.69 Å². The molecule has 12 heavy (non-hydrogen) atoms. The number of aromatic amines is 1. The molecule has 0 aromatic carbocycles. The molecule has 0 unspecified atom stereocenters. The number of amides is 1. The van der Waals surface area contributed by atoms with Gasteiger partial charge >= 0.3 is 0 Å². The molecule has 64 valence electrons. The van der Waals surface area contributed by atoms with Crippen molar-refractivity contribution in [3.63, 3.8) is 0 Å². The van der Waals surface area contributed by atoms with Crippen molar-refractivity contribution in [2.24, 2.45) is 5.73 Å². The van der Waals surface area contributed by atoms with Crippen molar-refractivity contribution in [2.45, 2.75) is 0 Å². The number of carbonyl (C=O) groups excluding carboxylic acids is 1. The van der Waals surface area contributed by atoms with Crippen LogP contribution in [-0.4, -0.2) is 17.9 Å². The van der Waals surface area contributed by atoms with Gasteiger partial charge in [-0.15, -0.1) is 0 Å². The third-order valence-electron chi connectivity index (χ3n) is 1.46. The van der Waals surface area contributed by atoms with E-state index in [1.54, 1.807) is 7.05 Å². The van der Waals surface area contributed by atoms with Gasteiger partial charge in [-0.25, -0.2) is 0 Å². The van der Waals surface area contributed by atoms with Crippen molar-refractivity contribution in [1.82, 2.24) is 4.98 Å². The van der Waals surface area contributed by atoms with E-state index in [4.69, 9.17) is 5.73 Å². The normalized spacial score (nSPS) is 9.42. The molecule has 1 heterocycles. The molecule has 0 spiro atoms. The molecule has 1 aromatic heterocycles. The second-order valence-electron chi connectivity index (χ2n) is 2.24. The van der Waals surface area contributed by atoms with Crippen molar-refractivity contribution in [3.8, 4) is 0 Å². The summed E-state index contributed by atoms with van der Waals surface area (Å²) < 4.78 is 0. The van der Waals surface area contributed by atoms with Gasteiger partial charge in [-0.1, -0.05) is 0 Å². The van der Waals surface area contributed by atoms with Crippen LogP contribution in [0.1, 0.15) is 10.4 Å². The lowest BCUT2D eigenvalue weighted by Crippen LogP contribution is -2.17. The van der Waals surface area contributed by atoms with Gasteiger partial charge in [0.15, 0.2) is 0 Å². The molecular formula is C7H9N3O2. The van der Waals surface area contributed by atoms with Crippen molar-refractivity contribution in [1.29, 1.82) is 0 Å². The number of carbonyl (C=O) groups is 1. The highest BCUT2D eigenvalue weighted by atomic mass is 16.1. The molecule has 0 aliphatic carbocycles. The van der Waals surface area contributed by atoms with Gasteiger partial charge in [-0.3, -0.25) is 9.59 Å². The van der Waals surface area contributed by atoms with E-state index in [2.05, 4.69) is 10.3 Å². The Morgan fingerprint density at radius 3 is 2.83 bits per heavy atom. The number of primary amides is 1. The maximum Gasteiger partial charge on any atom is 0.251 e. The SMILES string of the molecule is CNc1c[nH]c(=O)cc1C(N)=O. The van der Waals surface area contributed by atoms with E-state index in [0.717, 1.165) is 6.07 Å². The van der Waals surface area contributed by atoms with Crippen LogP contribution in [0.3, 0.4) is 0 Å². The first-order valence-electron chi connectivity index (χ1n) is 3.35. The van der Waals surface area contributed by atoms with Gasteiger partial charge in [-0.05, 0) is 0 Å². The van der Waals surface area contributed by atoms with E-state index >= 15 is 0 Å². The zero-order valence-corrected chi connectivity index (χ0v) is 6.55. The van der Waals surface area contributed by atoms with Crippen LogP contribution in [0.4, 0.5) is 5.69 Å². The van der Waals surface area contributed by atoms with E-state index < -0.39 is 5.91 Å². The van der Waals surface area contributed by atoms with Crippen LogP contribution in [0.2, 0.25) is 0 Å². The number of H-pyrrole nitrogens is 1. The highest BCUT2D eigenvalue weighted by molar-refractivity contribution is 5.98. The van der Waals surface area contributed by atoms with Crippen molar-refractivity contribution in [3.05, 3.63) is 28.2 Å². The molecule has 0 saturated heterocycles. The molecule has 1 rings (SSSR count). The Kier molecular flexibility index (Phi) is 2.14. The maximum atomic E-state index is 10.8. The summed E-state index contributed by atoms with van der Waals surface area (Å²) in [4.78, 5) is 24.0. The van der Waals surface area contributed by atoms with Gasteiger partial charge in [0, 0.05) is 19.3 Å². The number of nitrogens with one attached hydrogen (secondary N) is 2. The van der Waals surface area contributed by atoms with Gasteiger partial charge in [0.05, 0.1) is 11.3 Å². The van der Waals surface area contributed by atoms with Gasteiger partial charge in [0.25, 0.3) is 5.91 Å². The van der Waals surface area contributed by atoms with E-state index in [-0.39, 0.29) is 11.1 Å². The largest absolute Gasteiger partial charge is 0.386 e. The molecule has 5 nitrogen and oxygen atoms in total. The molecule has 0 fully saturated rings. The topological polar surface area (TPSA) is 88.0 Å². The smallest absolute Gasteiger partial charge is 0.251 e. The number of hydrogen-bond donors (Lipinski definition) is 3. The maximum absolute atomic E-state index is 10.8. The fraction of sp³-hybridized carbons (Fsp3) is 0.143. The average molecular weight is 167 g/mol. The van der Waals surface area contributed by atoms with Crippen molar-refractivity contribution >= 4 is 11.6 Å². The first kappa shape index (κ1) is 8.32. The quantitative estimate of drug-likeness (QED) is 0.555. The van der Waals surface area contributed by atoms with E-state index in [1.165, 1.54) is 6.20 Å². The first-order chi connectivity index (χ1) is 5.65. The molecule has 4 N–H and O–H groups in total. The number of hydrogen-bond acceptors (Lipinski definition) is 3. The summed E-state index contributed by atoms with van der Waals surface area (Å²) in [5, 5.41) is 2.73. The number of aromatic nitrogens is 1. The Morgan fingerprint density at radius 1 is 1.67 bits per heavy atom. The lowest BCUT2D eigenvalue weighted by molar-refractivity contribution is 0.100. The summed E-state index contributed by atoms with van der Waals surface area (Å²) in [5.41, 5.74) is 5.39. The standard InChI is InChI=1S/C7H9N3O2/c1-9-5-3-10-6(11)2-4(5)7(8)12/h2-3,9H,1H3,(H2,8,12)(H,10,11). The molecular weight excluding hydrogens is 158 g/mol. The fourth-order valence-electron chi connectivity index (χ4n) is 0.882. The molecule has 1 amide bonds. The molecule has 0 bridgehead atoms. The molecule has 0 aliphatic rings. The van der Waals surface area contributed by atoms with Crippen LogP contribution in [0.15, 0.2) is 17.1 Å². The number of rotatable bonds is 2. The van der Waals surface area contributed by atoms with Gasteiger partial charge in [0.1, 0.15) is 0 Å². The third-order valence-corrected chi connectivity index (χ3v) is 1.46. The van der Waals surface area contributed by atoms with Crippen LogP contribution < -0.4 is 16.6 Å². The lowest BCUT2D eigenvalue weighted by Gasteiger charge is -2.03.